The van der Waals surface area contributed by atoms with Crippen LogP contribution in [0.4, 0.5) is 29.1 Å². The number of pyridine rings is 1. The highest BCUT2D eigenvalue weighted by atomic mass is 35.5. The van der Waals surface area contributed by atoms with Crippen molar-refractivity contribution in [3.8, 4) is 6.07 Å². The van der Waals surface area contributed by atoms with E-state index in [9.17, 15) is 17.6 Å². The summed E-state index contributed by atoms with van der Waals surface area (Å²) in [5.74, 6) is -0.949. The van der Waals surface area contributed by atoms with Crippen LogP contribution in [-0.4, -0.2) is 4.98 Å². The van der Waals surface area contributed by atoms with Gasteiger partial charge < -0.3 is 5.32 Å². The molecule has 0 saturated carbocycles. The Morgan fingerprint density at radius 2 is 1.90 bits per heavy atom. The van der Waals surface area contributed by atoms with Crippen molar-refractivity contribution in [2.45, 2.75) is 6.18 Å². The molecule has 0 atom stereocenters. The molecule has 0 bridgehead atoms. The maximum Gasteiger partial charge on any atom is 0.433 e. The summed E-state index contributed by atoms with van der Waals surface area (Å²) in [6, 6.07) is 6.93. The molecule has 2 aromatic rings. The average molecular weight is 316 g/mol. The number of hydrogen-bond acceptors (Lipinski definition) is 3. The number of alkyl halides is 3. The third-order valence-electron chi connectivity index (χ3n) is 2.49. The van der Waals surface area contributed by atoms with Crippen LogP contribution < -0.4 is 5.32 Å². The molecule has 108 valence electrons. The van der Waals surface area contributed by atoms with Crippen LogP contribution in [0, 0.1) is 17.1 Å². The summed E-state index contributed by atoms with van der Waals surface area (Å²) >= 11 is 5.58. The van der Waals surface area contributed by atoms with E-state index in [-0.39, 0.29) is 22.1 Å². The highest BCUT2D eigenvalue weighted by Gasteiger charge is 2.33. The Morgan fingerprint density at radius 3 is 2.48 bits per heavy atom. The number of aromatic nitrogens is 1. The van der Waals surface area contributed by atoms with Gasteiger partial charge >= 0.3 is 6.18 Å². The van der Waals surface area contributed by atoms with Gasteiger partial charge in [0.05, 0.1) is 10.6 Å². The maximum atomic E-state index is 13.0. The first-order valence-corrected chi connectivity index (χ1v) is 5.89. The Morgan fingerprint density at radius 1 is 1.19 bits per heavy atom. The van der Waals surface area contributed by atoms with Crippen LogP contribution in [-0.2, 0) is 6.18 Å². The first kappa shape index (κ1) is 15.1. The van der Waals surface area contributed by atoms with E-state index in [1.165, 1.54) is 12.1 Å². The monoisotopic (exact) mass is 315 g/mol. The van der Waals surface area contributed by atoms with Crippen LogP contribution in [0.2, 0.25) is 5.02 Å². The molecule has 0 amide bonds. The molecule has 1 heterocycles. The minimum Gasteiger partial charge on any atom is -0.339 e. The van der Waals surface area contributed by atoms with Gasteiger partial charge in [-0.2, -0.15) is 18.4 Å². The molecule has 21 heavy (non-hydrogen) atoms. The first-order chi connectivity index (χ1) is 9.81. The van der Waals surface area contributed by atoms with Crippen LogP contribution >= 0.6 is 11.6 Å². The van der Waals surface area contributed by atoms with Crippen LogP contribution in [0.15, 0.2) is 30.3 Å². The molecule has 0 aliphatic heterocycles. The summed E-state index contributed by atoms with van der Waals surface area (Å²) in [7, 11) is 0. The lowest BCUT2D eigenvalue weighted by Gasteiger charge is -2.11. The average Bonchev–Trinajstić information content (AvgIpc) is 2.42. The van der Waals surface area contributed by atoms with E-state index >= 15 is 0 Å². The zero-order valence-corrected chi connectivity index (χ0v) is 10.9. The second kappa shape index (κ2) is 5.58. The zero-order chi connectivity index (χ0) is 15.6. The van der Waals surface area contributed by atoms with Crippen molar-refractivity contribution in [3.05, 3.63) is 52.4 Å². The first-order valence-electron chi connectivity index (χ1n) is 5.51. The summed E-state index contributed by atoms with van der Waals surface area (Å²) in [5, 5.41) is 11.2. The molecular weight excluding hydrogens is 310 g/mol. The number of halogens is 5. The zero-order valence-electron chi connectivity index (χ0n) is 10.2. The van der Waals surface area contributed by atoms with Gasteiger partial charge in [0.25, 0.3) is 0 Å². The largest absolute Gasteiger partial charge is 0.433 e. The highest BCUT2D eigenvalue weighted by Crippen LogP contribution is 2.30. The van der Waals surface area contributed by atoms with E-state index in [1.54, 1.807) is 6.07 Å². The van der Waals surface area contributed by atoms with Crippen molar-refractivity contribution in [2.75, 3.05) is 5.32 Å². The van der Waals surface area contributed by atoms with Crippen molar-refractivity contribution in [1.82, 2.24) is 4.98 Å². The molecule has 0 spiro atoms. The third-order valence-corrected chi connectivity index (χ3v) is 2.78. The highest BCUT2D eigenvalue weighted by molar-refractivity contribution is 6.31. The standard InChI is InChI=1S/C13H6ClF4N3/c14-9-5-8(2-3-10(9)15)20-12-7(6-19)1-4-11(21-12)13(16,17)18/h1-5H,(H,20,21). The summed E-state index contributed by atoms with van der Waals surface area (Å²) in [4.78, 5) is 3.37. The molecule has 0 aliphatic rings. The number of nitriles is 1. The number of nitrogens with one attached hydrogen (secondary N) is 1. The topological polar surface area (TPSA) is 48.7 Å². The SMILES string of the molecule is N#Cc1ccc(C(F)(F)F)nc1Nc1ccc(F)c(Cl)c1. The fraction of sp³-hybridized carbons (Fsp3) is 0.0769. The van der Waals surface area contributed by atoms with Crippen molar-refractivity contribution in [1.29, 1.82) is 5.26 Å². The van der Waals surface area contributed by atoms with E-state index in [2.05, 4.69) is 10.3 Å². The van der Waals surface area contributed by atoms with Gasteiger partial charge in [-0.25, -0.2) is 9.37 Å². The normalized spacial score (nSPS) is 11.0. The quantitative estimate of drug-likeness (QED) is 0.830. The van der Waals surface area contributed by atoms with E-state index < -0.39 is 17.7 Å². The second-order valence-corrected chi connectivity index (χ2v) is 4.36. The van der Waals surface area contributed by atoms with Gasteiger partial charge in [-0.1, -0.05) is 11.6 Å². The summed E-state index contributed by atoms with van der Waals surface area (Å²) in [6.45, 7) is 0. The van der Waals surface area contributed by atoms with Gasteiger partial charge in [0.1, 0.15) is 23.4 Å². The fourth-order valence-corrected chi connectivity index (χ4v) is 1.69. The van der Waals surface area contributed by atoms with E-state index in [0.29, 0.717) is 6.07 Å². The molecule has 0 radical (unpaired) electrons. The lowest BCUT2D eigenvalue weighted by molar-refractivity contribution is -0.141. The molecular formula is C13H6ClF4N3. The Balaban J connectivity index is 2.42. The molecule has 3 nitrogen and oxygen atoms in total. The van der Waals surface area contributed by atoms with Gasteiger partial charge in [-0.05, 0) is 30.3 Å². The van der Waals surface area contributed by atoms with Gasteiger partial charge in [0.15, 0.2) is 0 Å². The van der Waals surface area contributed by atoms with Crippen molar-refractivity contribution in [2.24, 2.45) is 0 Å². The number of benzene rings is 1. The minimum atomic E-state index is -4.63. The van der Waals surface area contributed by atoms with Crippen molar-refractivity contribution < 1.29 is 17.6 Å². The summed E-state index contributed by atoms with van der Waals surface area (Å²) in [5.41, 5.74) is -1.01. The van der Waals surface area contributed by atoms with Gasteiger partial charge in [0.2, 0.25) is 0 Å². The predicted molar refractivity (Wildman–Crippen MR) is 68.6 cm³/mol. The molecule has 1 N–H and O–H groups in total. The molecule has 1 aromatic carbocycles. The van der Waals surface area contributed by atoms with Gasteiger partial charge in [-0.15, -0.1) is 0 Å². The minimum absolute atomic E-state index is 0.0801. The predicted octanol–water partition coefficient (Wildman–Crippen LogP) is 4.51. The summed E-state index contributed by atoms with van der Waals surface area (Å²) < 4.78 is 50.9. The fourth-order valence-electron chi connectivity index (χ4n) is 1.51. The van der Waals surface area contributed by atoms with Crippen molar-refractivity contribution in [3.63, 3.8) is 0 Å². The second-order valence-electron chi connectivity index (χ2n) is 3.96. The lowest BCUT2D eigenvalue weighted by atomic mass is 10.2. The Kier molecular flexibility index (Phi) is 4.00. The molecule has 0 aliphatic carbocycles. The Hall–Kier alpha value is -2.33. The maximum absolute atomic E-state index is 13.0. The van der Waals surface area contributed by atoms with Gasteiger partial charge in [-0.3, -0.25) is 0 Å². The van der Waals surface area contributed by atoms with Crippen LogP contribution in [0.25, 0.3) is 0 Å². The molecule has 0 fully saturated rings. The third kappa shape index (κ3) is 3.41. The molecule has 8 heteroatoms. The van der Waals surface area contributed by atoms with Crippen LogP contribution in [0.1, 0.15) is 11.3 Å². The number of hydrogen-bond donors (Lipinski definition) is 1. The number of nitrogens with zero attached hydrogens (tertiary/aromatic N) is 2. The Bertz CT molecular complexity index is 722. The molecule has 1 aromatic heterocycles. The number of rotatable bonds is 2. The van der Waals surface area contributed by atoms with E-state index in [1.807, 2.05) is 0 Å². The smallest absolute Gasteiger partial charge is 0.339 e. The van der Waals surface area contributed by atoms with Crippen LogP contribution in [0.5, 0.6) is 0 Å². The molecule has 0 saturated heterocycles. The Labute approximate surface area is 121 Å². The van der Waals surface area contributed by atoms with Gasteiger partial charge in [0, 0.05) is 5.69 Å². The number of anilines is 2. The molecule has 2 rings (SSSR count). The van der Waals surface area contributed by atoms with Crippen molar-refractivity contribution >= 4 is 23.1 Å². The molecule has 0 unspecified atom stereocenters. The van der Waals surface area contributed by atoms with E-state index in [0.717, 1.165) is 12.1 Å². The summed E-state index contributed by atoms with van der Waals surface area (Å²) in [6.07, 6.45) is -4.63. The lowest BCUT2D eigenvalue weighted by Crippen LogP contribution is -2.10. The van der Waals surface area contributed by atoms with E-state index in [4.69, 9.17) is 16.9 Å². The van der Waals surface area contributed by atoms with Crippen LogP contribution in [0.3, 0.4) is 0 Å².